The molecule has 1 aliphatic carbocycles. The predicted molar refractivity (Wildman–Crippen MR) is 77.8 cm³/mol. The summed E-state index contributed by atoms with van der Waals surface area (Å²) in [4.78, 5) is 12.1. The smallest absolute Gasteiger partial charge is 0.254 e. The van der Waals surface area contributed by atoms with Crippen molar-refractivity contribution in [2.24, 2.45) is 5.92 Å². The van der Waals surface area contributed by atoms with Crippen LogP contribution in [0.5, 0.6) is 0 Å². The molecule has 102 valence electrons. The summed E-state index contributed by atoms with van der Waals surface area (Å²) in [7, 11) is 0. The molecule has 6 heteroatoms. The maximum Gasteiger partial charge on any atom is 0.254 e. The average Bonchev–Trinajstić information content (AvgIpc) is 2.76. The molecule has 3 nitrogen and oxygen atoms in total. The standard InChI is InChI=1S/C13H14Cl2N2OS/c14-11-6-9(12(15)19-11)13(18)17-10(7-16)8-4-2-1-3-5-8/h6,8,10H,1-5H2,(H,17,18). The van der Waals surface area contributed by atoms with E-state index >= 15 is 0 Å². The van der Waals surface area contributed by atoms with Crippen LogP contribution in [0.3, 0.4) is 0 Å². The van der Waals surface area contributed by atoms with Gasteiger partial charge >= 0.3 is 0 Å². The summed E-state index contributed by atoms with van der Waals surface area (Å²) in [5.74, 6) is -0.0687. The topological polar surface area (TPSA) is 52.9 Å². The quantitative estimate of drug-likeness (QED) is 0.905. The van der Waals surface area contributed by atoms with E-state index in [9.17, 15) is 10.1 Å². The zero-order valence-corrected chi connectivity index (χ0v) is 12.6. The number of rotatable bonds is 3. The van der Waals surface area contributed by atoms with E-state index in [1.807, 2.05) is 0 Å². The lowest BCUT2D eigenvalue weighted by molar-refractivity contribution is 0.0929. The van der Waals surface area contributed by atoms with E-state index in [4.69, 9.17) is 23.2 Å². The molecule has 0 spiro atoms. The molecule has 1 unspecified atom stereocenters. The van der Waals surface area contributed by atoms with Crippen LogP contribution in [0.1, 0.15) is 42.5 Å². The maximum atomic E-state index is 12.1. The number of carbonyl (C=O) groups is 1. The zero-order chi connectivity index (χ0) is 13.8. The first-order valence-electron chi connectivity index (χ1n) is 6.27. The molecule has 0 bridgehead atoms. The first kappa shape index (κ1) is 14.6. The highest BCUT2D eigenvalue weighted by Crippen LogP contribution is 2.31. The molecule has 0 aliphatic heterocycles. The number of nitriles is 1. The lowest BCUT2D eigenvalue weighted by Crippen LogP contribution is -2.40. The van der Waals surface area contributed by atoms with Crippen LogP contribution in [-0.4, -0.2) is 11.9 Å². The third kappa shape index (κ3) is 3.62. The predicted octanol–water partition coefficient (Wildman–Crippen LogP) is 4.26. The Kier molecular flexibility index (Phi) is 5.09. The van der Waals surface area contributed by atoms with Crippen molar-refractivity contribution < 1.29 is 4.79 Å². The van der Waals surface area contributed by atoms with Gasteiger partial charge in [0.1, 0.15) is 10.4 Å². The molecule has 0 saturated heterocycles. The fourth-order valence-electron chi connectivity index (χ4n) is 2.44. The summed E-state index contributed by atoms with van der Waals surface area (Å²) in [6, 6.07) is 3.29. The summed E-state index contributed by atoms with van der Waals surface area (Å²) in [5.41, 5.74) is 0.354. The highest BCUT2D eigenvalue weighted by atomic mass is 35.5. The van der Waals surface area contributed by atoms with Gasteiger partial charge in [-0.25, -0.2) is 0 Å². The number of amides is 1. The van der Waals surface area contributed by atoms with E-state index < -0.39 is 6.04 Å². The van der Waals surface area contributed by atoms with Gasteiger partial charge in [-0.05, 0) is 24.8 Å². The van der Waals surface area contributed by atoms with E-state index in [1.54, 1.807) is 6.07 Å². The fourth-order valence-corrected chi connectivity index (χ4v) is 3.90. The SMILES string of the molecule is N#CC(NC(=O)c1cc(Cl)sc1Cl)C1CCCCC1. The first-order valence-corrected chi connectivity index (χ1v) is 7.84. The van der Waals surface area contributed by atoms with Crippen LogP contribution >= 0.6 is 34.5 Å². The van der Waals surface area contributed by atoms with Crippen LogP contribution in [-0.2, 0) is 0 Å². The number of nitrogens with one attached hydrogen (secondary N) is 1. The van der Waals surface area contributed by atoms with E-state index in [0.29, 0.717) is 14.2 Å². The third-order valence-electron chi connectivity index (χ3n) is 3.45. The minimum Gasteiger partial charge on any atom is -0.336 e. The minimum atomic E-state index is -0.442. The Morgan fingerprint density at radius 2 is 2.11 bits per heavy atom. The number of carbonyl (C=O) groups excluding carboxylic acids is 1. The lowest BCUT2D eigenvalue weighted by atomic mass is 9.84. The molecule has 1 amide bonds. The van der Waals surface area contributed by atoms with Crippen molar-refractivity contribution in [3.8, 4) is 6.07 Å². The molecule has 1 aliphatic rings. The van der Waals surface area contributed by atoms with E-state index in [0.717, 1.165) is 37.0 Å². The van der Waals surface area contributed by atoms with Gasteiger partial charge in [0.05, 0.1) is 16.0 Å². The average molecular weight is 317 g/mol. The van der Waals surface area contributed by atoms with Gasteiger partial charge in [-0.3, -0.25) is 4.79 Å². The van der Waals surface area contributed by atoms with E-state index in [1.165, 1.54) is 6.42 Å². The third-order valence-corrected chi connectivity index (χ3v) is 4.94. The van der Waals surface area contributed by atoms with Crippen molar-refractivity contribution in [1.82, 2.24) is 5.32 Å². The van der Waals surface area contributed by atoms with Crippen LogP contribution in [0.2, 0.25) is 8.67 Å². The molecule has 1 N–H and O–H groups in total. The normalized spacial score (nSPS) is 17.7. The molecule has 1 heterocycles. The summed E-state index contributed by atoms with van der Waals surface area (Å²) in [6.07, 6.45) is 5.47. The number of hydrogen-bond donors (Lipinski definition) is 1. The molecule has 1 fully saturated rings. The Balaban J connectivity index is 2.04. The molecule has 2 rings (SSSR count). The first-order chi connectivity index (χ1) is 9.11. The van der Waals surface area contributed by atoms with Gasteiger partial charge in [-0.1, -0.05) is 42.5 Å². The summed E-state index contributed by atoms with van der Waals surface area (Å²) < 4.78 is 0.837. The van der Waals surface area contributed by atoms with Crippen LogP contribution in [0.4, 0.5) is 0 Å². The van der Waals surface area contributed by atoms with Crippen molar-refractivity contribution >= 4 is 40.4 Å². The number of thiophene rings is 1. The summed E-state index contributed by atoms with van der Waals surface area (Å²) in [6.45, 7) is 0. The van der Waals surface area contributed by atoms with Gasteiger partial charge in [0.25, 0.3) is 5.91 Å². The number of hydrogen-bond acceptors (Lipinski definition) is 3. The molecular formula is C13H14Cl2N2OS. The van der Waals surface area contributed by atoms with E-state index in [-0.39, 0.29) is 11.8 Å². The molecule has 1 aromatic heterocycles. The van der Waals surface area contributed by atoms with Gasteiger partial charge in [0.15, 0.2) is 0 Å². The lowest BCUT2D eigenvalue weighted by Gasteiger charge is -2.26. The summed E-state index contributed by atoms with van der Waals surface area (Å²) >= 11 is 12.9. The number of nitrogens with zero attached hydrogens (tertiary/aromatic N) is 1. The van der Waals surface area contributed by atoms with Crippen molar-refractivity contribution in [3.63, 3.8) is 0 Å². The largest absolute Gasteiger partial charge is 0.336 e. The minimum absolute atomic E-state index is 0.246. The second-order valence-corrected chi connectivity index (χ2v) is 7.00. The Morgan fingerprint density at radius 3 is 2.63 bits per heavy atom. The second kappa shape index (κ2) is 6.60. The number of halogens is 2. The Hall–Kier alpha value is -0.760. The second-order valence-electron chi connectivity index (χ2n) is 4.72. The van der Waals surface area contributed by atoms with Gasteiger partial charge in [0, 0.05) is 0 Å². The van der Waals surface area contributed by atoms with Gasteiger partial charge in [-0.2, -0.15) is 5.26 Å². The molecule has 1 atom stereocenters. The molecular weight excluding hydrogens is 303 g/mol. The Bertz CT molecular complexity index is 503. The zero-order valence-electron chi connectivity index (χ0n) is 10.3. The fraction of sp³-hybridized carbons (Fsp3) is 0.538. The van der Waals surface area contributed by atoms with Gasteiger partial charge < -0.3 is 5.32 Å². The highest BCUT2D eigenvalue weighted by Gasteiger charge is 2.26. The van der Waals surface area contributed by atoms with Crippen molar-refractivity contribution in [2.45, 2.75) is 38.1 Å². The molecule has 0 radical (unpaired) electrons. The molecule has 19 heavy (non-hydrogen) atoms. The van der Waals surface area contributed by atoms with Crippen molar-refractivity contribution in [2.75, 3.05) is 0 Å². The van der Waals surface area contributed by atoms with Crippen molar-refractivity contribution in [3.05, 3.63) is 20.3 Å². The summed E-state index contributed by atoms with van der Waals surface area (Å²) in [5, 5.41) is 12.0. The van der Waals surface area contributed by atoms with Crippen molar-refractivity contribution in [1.29, 1.82) is 5.26 Å². The van der Waals surface area contributed by atoms with Gasteiger partial charge in [0.2, 0.25) is 0 Å². The van der Waals surface area contributed by atoms with Crippen LogP contribution < -0.4 is 5.32 Å². The van der Waals surface area contributed by atoms with Gasteiger partial charge in [-0.15, -0.1) is 11.3 Å². The molecule has 1 aromatic rings. The Labute approximate surface area is 126 Å². The highest BCUT2D eigenvalue weighted by molar-refractivity contribution is 7.20. The molecule has 1 saturated carbocycles. The maximum absolute atomic E-state index is 12.1. The monoisotopic (exact) mass is 316 g/mol. The van der Waals surface area contributed by atoms with E-state index in [2.05, 4.69) is 11.4 Å². The van der Waals surface area contributed by atoms with Crippen LogP contribution in [0, 0.1) is 17.2 Å². The molecule has 0 aromatic carbocycles. The van der Waals surface area contributed by atoms with Crippen LogP contribution in [0.15, 0.2) is 6.07 Å². The Morgan fingerprint density at radius 1 is 1.42 bits per heavy atom. The van der Waals surface area contributed by atoms with Crippen LogP contribution in [0.25, 0.3) is 0 Å².